The highest BCUT2D eigenvalue weighted by Crippen LogP contribution is 2.24. The van der Waals surface area contributed by atoms with Crippen molar-refractivity contribution in [3.05, 3.63) is 95.1 Å². The number of carbonyl (C=O) groups is 1. The zero-order valence-corrected chi connectivity index (χ0v) is 16.3. The van der Waals surface area contributed by atoms with Crippen LogP contribution >= 0.6 is 0 Å². The van der Waals surface area contributed by atoms with Gasteiger partial charge in [-0.1, -0.05) is 47.5 Å². The molecule has 5 nitrogen and oxygen atoms in total. The molecule has 0 bridgehead atoms. The lowest BCUT2D eigenvalue weighted by molar-refractivity contribution is 0.0951. The molecule has 1 aromatic heterocycles. The molecule has 0 saturated carbocycles. The maximum absolute atomic E-state index is 12.4. The van der Waals surface area contributed by atoms with Crippen molar-refractivity contribution in [2.75, 3.05) is 0 Å². The fourth-order valence-electron chi connectivity index (χ4n) is 2.99. The molecular formula is C24H21N3O2. The highest BCUT2D eigenvalue weighted by molar-refractivity contribution is 5.94. The minimum atomic E-state index is -0.122. The van der Waals surface area contributed by atoms with Gasteiger partial charge in [0.1, 0.15) is 0 Å². The van der Waals surface area contributed by atoms with Crippen LogP contribution in [0.15, 0.2) is 77.2 Å². The molecular weight excluding hydrogens is 362 g/mol. The van der Waals surface area contributed by atoms with Gasteiger partial charge in [0, 0.05) is 23.2 Å². The molecule has 4 aromatic rings. The number of amides is 1. The van der Waals surface area contributed by atoms with Gasteiger partial charge >= 0.3 is 0 Å². The summed E-state index contributed by atoms with van der Waals surface area (Å²) in [6, 6.07) is 23.2. The van der Waals surface area contributed by atoms with E-state index in [1.807, 2.05) is 74.5 Å². The van der Waals surface area contributed by atoms with E-state index >= 15 is 0 Å². The molecule has 0 spiro atoms. The fraction of sp³-hybridized carbons (Fsp3) is 0.125. The number of aromatic nitrogens is 2. The molecule has 0 unspecified atom stereocenters. The number of benzene rings is 3. The summed E-state index contributed by atoms with van der Waals surface area (Å²) in [7, 11) is 0. The van der Waals surface area contributed by atoms with E-state index in [0.29, 0.717) is 23.9 Å². The lowest BCUT2D eigenvalue weighted by Crippen LogP contribution is -2.22. The third kappa shape index (κ3) is 4.41. The van der Waals surface area contributed by atoms with E-state index in [-0.39, 0.29) is 5.91 Å². The minimum Gasteiger partial charge on any atom is -0.416 e. The fourth-order valence-corrected chi connectivity index (χ4v) is 2.99. The van der Waals surface area contributed by atoms with Gasteiger partial charge in [-0.05, 0) is 55.8 Å². The van der Waals surface area contributed by atoms with Crippen LogP contribution in [0.2, 0.25) is 0 Å². The molecule has 0 aliphatic carbocycles. The molecule has 29 heavy (non-hydrogen) atoms. The number of hydrogen-bond donors (Lipinski definition) is 1. The van der Waals surface area contributed by atoms with E-state index in [4.69, 9.17) is 4.42 Å². The molecule has 1 heterocycles. The van der Waals surface area contributed by atoms with Crippen LogP contribution in [-0.2, 0) is 6.54 Å². The van der Waals surface area contributed by atoms with Crippen LogP contribution in [0.1, 0.15) is 27.0 Å². The molecule has 1 amide bonds. The van der Waals surface area contributed by atoms with E-state index in [2.05, 4.69) is 15.5 Å². The quantitative estimate of drug-likeness (QED) is 0.529. The van der Waals surface area contributed by atoms with Crippen molar-refractivity contribution in [1.29, 1.82) is 0 Å². The SMILES string of the molecule is Cc1ccc(CNC(=O)c2ccc(-c3nnc(-c4cccc(C)c4)o3)cc2)cc1. The first kappa shape index (κ1) is 18.6. The van der Waals surface area contributed by atoms with Gasteiger partial charge in [0.2, 0.25) is 11.8 Å². The number of hydrogen-bond acceptors (Lipinski definition) is 4. The van der Waals surface area contributed by atoms with Crippen LogP contribution in [0.4, 0.5) is 0 Å². The summed E-state index contributed by atoms with van der Waals surface area (Å²) in [6.45, 7) is 4.55. The largest absolute Gasteiger partial charge is 0.416 e. The zero-order valence-electron chi connectivity index (χ0n) is 16.3. The average Bonchev–Trinajstić information content (AvgIpc) is 3.24. The van der Waals surface area contributed by atoms with Gasteiger partial charge in [-0.15, -0.1) is 10.2 Å². The van der Waals surface area contributed by atoms with Gasteiger partial charge in [-0.3, -0.25) is 4.79 Å². The average molecular weight is 383 g/mol. The van der Waals surface area contributed by atoms with Gasteiger partial charge in [-0.2, -0.15) is 0 Å². The van der Waals surface area contributed by atoms with Gasteiger partial charge in [0.25, 0.3) is 5.91 Å². The van der Waals surface area contributed by atoms with Crippen LogP contribution in [0.25, 0.3) is 22.9 Å². The Balaban J connectivity index is 1.43. The summed E-state index contributed by atoms with van der Waals surface area (Å²) in [5.74, 6) is 0.778. The van der Waals surface area contributed by atoms with Crippen molar-refractivity contribution in [2.45, 2.75) is 20.4 Å². The summed E-state index contributed by atoms with van der Waals surface area (Å²) in [6.07, 6.45) is 0. The highest BCUT2D eigenvalue weighted by Gasteiger charge is 2.12. The van der Waals surface area contributed by atoms with Crippen LogP contribution in [0.3, 0.4) is 0 Å². The maximum atomic E-state index is 12.4. The van der Waals surface area contributed by atoms with Crippen molar-refractivity contribution in [3.8, 4) is 22.9 Å². The van der Waals surface area contributed by atoms with Gasteiger partial charge in [0.05, 0.1) is 0 Å². The summed E-state index contributed by atoms with van der Waals surface area (Å²) < 4.78 is 5.80. The Hall–Kier alpha value is -3.73. The zero-order chi connectivity index (χ0) is 20.2. The third-order valence-electron chi connectivity index (χ3n) is 4.66. The maximum Gasteiger partial charge on any atom is 0.251 e. The predicted octanol–water partition coefficient (Wildman–Crippen LogP) is 4.95. The second kappa shape index (κ2) is 8.10. The van der Waals surface area contributed by atoms with Crippen molar-refractivity contribution >= 4 is 5.91 Å². The Bertz CT molecular complexity index is 1130. The van der Waals surface area contributed by atoms with Crippen molar-refractivity contribution in [2.24, 2.45) is 0 Å². The van der Waals surface area contributed by atoms with Crippen LogP contribution < -0.4 is 5.32 Å². The Morgan fingerprint density at radius 1 is 0.828 bits per heavy atom. The first-order valence-electron chi connectivity index (χ1n) is 9.43. The van der Waals surface area contributed by atoms with E-state index in [0.717, 1.165) is 22.3 Å². The smallest absolute Gasteiger partial charge is 0.251 e. The standard InChI is InChI=1S/C24H21N3O2/c1-16-6-8-18(9-7-16)15-25-22(28)19-10-12-20(13-11-19)23-26-27-24(29-23)21-5-3-4-17(2)14-21/h3-14H,15H2,1-2H3,(H,25,28). The molecule has 0 aliphatic heterocycles. The molecule has 1 N–H and O–H groups in total. The second-order valence-electron chi connectivity index (χ2n) is 7.03. The number of aryl methyl sites for hydroxylation is 2. The van der Waals surface area contributed by atoms with Crippen LogP contribution in [0, 0.1) is 13.8 Å². The molecule has 0 aliphatic rings. The Morgan fingerprint density at radius 2 is 1.52 bits per heavy atom. The Labute approximate surface area is 169 Å². The molecule has 3 aromatic carbocycles. The van der Waals surface area contributed by atoms with Gasteiger partial charge in [-0.25, -0.2) is 0 Å². The number of carbonyl (C=O) groups excluding carboxylic acids is 1. The van der Waals surface area contributed by atoms with E-state index in [1.54, 1.807) is 12.1 Å². The molecule has 0 saturated heterocycles. The first-order chi connectivity index (χ1) is 14.1. The van der Waals surface area contributed by atoms with E-state index in [9.17, 15) is 4.79 Å². The topological polar surface area (TPSA) is 68.0 Å². The molecule has 0 atom stereocenters. The lowest BCUT2D eigenvalue weighted by Gasteiger charge is -2.06. The second-order valence-corrected chi connectivity index (χ2v) is 7.03. The minimum absolute atomic E-state index is 0.122. The van der Waals surface area contributed by atoms with Crippen molar-refractivity contribution in [1.82, 2.24) is 15.5 Å². The van der Waals surface area contributed by atoms with Gasteiger partial charge < -0.3 is 9.73 Å². The van der Waals surface area contributed by atoms with Crippen LogP contribution in [0.5, 0.6) is 0 Å². The van der Waals surface area contributed by atoms with Gasteiger partial charge in [0.15, 0.2) is 0 Å². The molecule has 0 fully saturated rings. The Kier molecular flexibility index (Phi) is 5.20. The van der Waals surface area contributed by atoms with Crippen molar-refractivity contribution in [3.63, 3.8) is 0 Å². The number of rotatable bonds is 5. The van der Waals surface area contributed by atoms with Crippen LogP contribution in [-0.4, -0.2) is 16.1 Å². The third-order valence-corrected chi connectivity index (χ3v) is 4.66. The number of nitrogens with one attached hydrogen (secondary N) is 1. The van der Waals surface area contributed by atoms with Crippen molar-refractivity contribution < 1.29 is 9.21 Å². The predicted molar refractivity (Wildman–Crippen MR) is 112 cm³/mol. The summed E-state index contributed by atoms with van der Waals surface area (Å²) in [5, 5.41) is 11.2. The highest BCUT2D eigenvalue weighted by atomic mass is 16.4. The summed E-state index contributed by atoms with van der Waals surface area (Å²) in [5.41, 5.74) is 5.63. The summed E-state index contributed by atoms with van der Waals surface area (Å²) >= 11 is 0. The molecule has 0 radical (unpaired) electrons. The molecule has 4 rings (SSSR count). The first-order valence-corrected chi connectivity index (χ1v) is 9.43. The normalized spacial score (nSPS) is 10.7. The van der Waals surface area contributed by atoms with E-state index in [1.165, 1.54) is 5.56 Å². The lowest BCUT2D eigenvalue weighted by atomic mass is 10.1. The molecule has 144 valence electrons. The number of nitrogens with zero attached hydrogens (tertiary/aromatic N) is 2. The monoisotopic (exact) mass is 383 g/mol. The molecule has 5 heteroatoms. The van der Waals surface area contributed by atoms with E-state index < -0.39 is 0 Å². The Morgan fingerprint density at radius 3 is 2.21 bits per heavy atom. The summed E-state index contributed by atoms with van der Waals surface area (Å²) in [4.78, 5) is 12.4.